The number of amides is 1. The van der Waals surface area contributed by atoms with Crippen molar-refractivity contribution in [1.29, 1.82) is 0 Å². The lowest BCUT2D eigenvalue weighted by molar-refractivity contribution is -0.129. The maximum Gasteiger partial charge on any atom is 0.353 e. The van der Waals surface area contributed by atoms with Crippen LogP contribution in [0.3, 0.4) is 0 Å². The molecule has 2 aliphatic rings. The minimum absolute atomic E-state index is 0.00184. The van der Waals surface area contributed by atoms with E-state index in [1.54, 1.807) is 6.92 Å². The fourth-order valence-electron chi connectivity index (χ4n) is 4.25. The third kappa shape index (κ3) is 5.26. The van der Waals surface area contributed by atoms with Crippen LogP contribution in [0.5, 0.6) is 0 Å². The zero-order valence-corrected chi connectivity index (χ0v) is 21.7. The number of amidine groups is 1. The van der Waals surface area contributed by atoms with Gasteiger partial charge in [0.15, 0.2) is 17.1 Å². The second-order valence-electron chi connectivity index (χ2n) is 9.59. The van der Waals surface area contributed by atoms with Crippen molar-refractivity contribution in [2.24, 2.45) is 16.1 Å². The highest BCUT2D eigenvalue weighted by molar-refractivity contribution is 6.36. The predicted molar refractivity (Wildman–Crippen MR) is 144 cm³/mol. The molecule has 10 nitrogen and oxygen atoms in total. The number of aliphatic carboxylic acids is 1. The number of aromatic nitrogens is 1. The van der Waals surface area contributed by atoms with Gasteiger partial charge in [0.1, 0.15) is 11.2 Å². The van der Waals surface area contributed by atoms with Gasteiger partial charge in [-0.25, -0.2) is 14.6 Å². The van der Waals surface area contributed by atoms with E-state index in [2.05, 4.69) is 20.4 Å². The summed E-state index contributed by atoms with van der Waals surface area (Å²) in [6, 6.07) is 22.1. The summed E-state index contributed by atoms with van der Waals surface area (Å²) >= 11 is 0. The van der Waals surface area contributed by atoms with Crippen LogP contribution in [-0.4, -0.2) is 50.1 Å². The largest absolute Gasteiger partial charge is 0.478 e. The van der Waals surface area contributed by atoms with Crippen LogP contribution >= 0.6 is 0 Å². The van der Waals surface area contributed by atoms with Crippen LogP contribution in [0.1, 0.15) is 54.4 Å². The van der Waals surface area contributed by atoms with Crippen molar-refractivity contribution >= 4 is 29.4 Å². The summed E-state index contributed by atoms with van der Waals surface area (Å²) in [6.07, 6.45) is 1.69. The summed E-state index contributed by atoms with van der Waals surface area (Å²) in [4.78, 5) is 48.2. The van der Waals surface area contributed by atoms with Gasteiger partial charge in [-0.15, -0.1) is 0 Å². The first-order valence-electron chi connectivity index (χ1n) is 12.3. The fourth-order valence-corrected chi connectivity index (χ4v) is 4.25. The lowest BCUT2D eigenvalue weighted by Crippen LogP contribution is -2.41. The maximum atomic E-state index is 12.0. The predicted octanol–water partition coefficient (Wildman–Crippen LogP) is 3.86. The van der Waals surface area contributed by atoms with Crippen molar-refractivity contribution in [3.05, 3.63) is 101 Å². The average molecular weight is 529 g/mol. The van der Waals surface area contributed by atoms with Gasteiger partial charge in [-0.2, -0.15) is 0 Å². The summed E-state index contributed by atoms with van der Waals surface area (Å²) in [6.45, 7) is 5.51. The third-order valence-corrected chi connectivity index (χ3v) is 6.88. The molecule has 0 fully saturated rings. The van der Waals surface area contributed by atoms with E-state index in [9.17, 15) is 14.4 Å². The number of oxime groups is 1. The molecule has 1 amide bonds. The van der Waals surface area contributed by atoms with Gasteiger partial charge in [-0.05, 0) is 25.0 Å². The van der Waals surface area contributed by atoms with Crippen LogP contribution in [-0.2, 0) is 20.0 Å². The number of nitrogens with one attached hydrogen (secondary N) is 1. The third-order valence-electron chi connectivity index (χ3n) is 6.88. The molecule has 10 heteroatoms. The van der Waals surface area contributed by atoms with E-state index in [-0.39, 0.29) is 41.1 Å². The van der Waals surface area contributed by atoms with E-state index in [0.717, 1.165) is 11.1 Å². The summed E-state index contributed by atoms with van der Waals surface area (Å²) in [5, 5.41) is 24.6. The van der Waals surface area contributed by atoms with Gasteiger partial charge in [0.05, 0.1) is 12.0 Å². The van der Waals surface area contributed by atoms with E-state index < -0.39 is 23.1 Å². The molecule has 5 rings (SSSR count). The molecule has 0 radical (unpaired) electrons. The molecule has 1 atom stereocenters. The summed E-state index contributed by atoms with van der Waals surface area (Å²) in [5.41, 5.74) is 0.302. The number of aromatic carboxylic acids is 1. The first kappa shape index (κ1) is 27.2. The van der Waals surface area contributed by atoms with Gasteiger partial charge in [-0.3, -0.25) is 9.78 Å². The molecule has 3 N–H and O–H groups in total. The van der Waals surface area contributed by atoms with Crippen LogP contribution in [0.15, 0.2) is 89.1 Å². The number of hydrogen-bond acceptors (Lipinski definition) is 7. The zero-order chi connectivity index (χ0) is 28.2. The Labute approximate surface area is 225 Å². The number of carboxylic acid groups (broad SMARTS) is 2. The number of carbonyl (C=O) groups excluding carboxylic acids is 1. The van der Waals surface area contributed by atoms with Crippen molar-refractivity contribution < 1.29 is 29.4 Å². The summed E-state index contributed by atoms with van der Waals surface area (Å²) in [5.74, 6) is -2.15. The maximum absolute atomic E-state index is 12.0. The van der Waals surface area contributed by atoms with Crippen LogP contribution in [0.4, 0.5) is 0 Å². The Hall–Kier alpha value is -4.86. The van der Waals surface area contributed by atoms with Gasteiger partial charge in [0.2, 0.25) is 0 Å². The Kier molecular flexibility index (Phi) is 7.57. The number of aliphatic imine (C=N–C) groups is 1. The molecular weight excluding hydrogens is 500 g/mol. The molecule has 0 saturated carbocycles. The molecule has 2 aliphatic heterocycles. The first-order chi connectivity index (χ1) is 18.6. The molecule has 1 unspecified atom stereocenters. The Balaban J connectivity index is 0.000000181. The van der Waals surface area contributed by atoms with E-state index in [1.165, 1.54) is 18.3 Å². The standard InChI is InChI=1S/C16H13NO3.C13H15N3O3/c18-15(19)14-11-16(20-17-14,12-7-3-1-4-8-12)13-9-5-2-6-10-13;1-7(2)13(3)12(19)15-10(16-13)9-8(11(17)18)5-4-6-14-9/h1-10H,11H2,(H,18,19);4-7H,1-3H3,(H,17,18)(H,15,16,19). The highest BCUT2D eigenvalue weighted by atomic mass is 16.7. The Morgan fingerprint density at radius 1 is 0.923 bits per heavy atom. The molecule has 0 spiro atoms. The molecule has 3 aromatic rings. The zero-order valence-electron chi connectivity index (χ0n) is 21.7. The molecular formula is C29H28N4O6. The van der Waals surface area contributed by atoms with E-state index >= 15 is 0 Å². The monoisotopic (exact) mass is 528 g/mol. The molecule has 200 valence electrons. The highest BCUT2D eigenvalue weighted by Gasteiger charge is 2.45. The van der Waals surface area contributed by atoms with E-state index in [0.29, 0.717) is 0 Å². The van der Waals surface area contributed by atoms with Gasteiger partial charge in [-0.1, -0.05) is 79.7 Å². The minimum atomic E-state index is -1.10. The minimum Gasteiger partial charge on any atom is -0.478 e. The molecule has 0 bridgehead atoms. The van der Waals surface area contributed by atoms with Crippen LogP contribution in [0.2, 0.25) is 0 Å². The Morgan fingerprint density at radius 2 is 1.51 bits per heavy atom. The van der Waals surface area contributed by atoms with Gasteiger partial charge >= 0.3 is 11.9 Å². The van der Waals surface area contributed by atoms with Gasteiger partial charge < -0.3 is 20.4 Å². The number of carboxylic acids is 2. The summed E-state index contributed by atoms with van der Waals surface area (Å²) in [7, 11) is 0. The normalized spacial score (nSPS) is 19.2. The van der Waals surface area contributed by atoms with Crippen molar-refractivity contribution in [1.82, 2.24) is 10.3 Å². The molecule has 0 aliphatic carbocycles. The van der Waals surface area contributed by atoms with E-state index in [1.807, 2.05) is 74.5 Å². The quantitative estimate of drug-likeness (QED) is 0.439. The second-order valence-corrected chi connectivity index (χ2v) is 9.59. The number of hydrogen-bond donors (Lipinski definition) is 3. The molecule has 3 heterocycles. The number of pyridine rings is 1. The topological polar surface area (TPSA) is 151 Å². The van der Waals surface area contributed by atoms with Crippen molar-refractivity contribution in [3.63, 3.8) is 0 Å². The van der Waals surface area contributed by atoms with E-state index in [4.69, 9.17) is 15.1 Å². The Bertz CT molecular complexity index is 1410. The number of carbonyl (C=O) groups is 3. The first-order valence-corrected chi connectivity index (χ1v) is 12.3. The van der Waals surface area contributed by atoms with Crippen LogP contribution in [0.25, 0.3) is 0 Å². The van der Waals surface area contributed by atoms with Crippen molar-refractivity contribution in [2.45, 2.75) is 38.3 Å². The molecule has 1 aromatic heterocycles. The molecule has 39 heavy (non-hydrogen) atoms. The highest BCUT2D eigenvalue weighted by Crippen LogP contribution is 2.41. The average Bonchev–Trinajstić information content (AvgIpc) is 3.53. The number of benzene rings is 2. The lowest BCUT2D eigenvalue weighted by Gasteiger charge is -2.27. The van der Waals surface area contributed by atoms with Crippen molar-refractivity contribution in [2.75, 3.05) is 0 Å². The fraction of sp³-hybridized carbons (Fsp3) is 0.241. The molecule has 2 aromatic carbocycles. The van der Waals surface area contributed by atoms with Crippen LogP contribution in [0, 0.1) is 5.92 Å². The summed E-state index contributed by atoms with van der Waals surface area (Å²) < 4.78 is 0. The SMILES string of the molecule is CC(C)C1(C)N=C(c2ncccc2C(=O)O)NC1=O.O=C(O)C1=NOC(c2ccccc2)(c2ccccc2)C1. The van der Waals surface area contributed by atoms with Gasteiger partial charge in [0, 0.05) is 17.3 Å². The van der Waals surface area contributed by atoms with Crippen molar-refractivity contribution in [3.8, 4) is 0 Å². The lowest BCUT2D eigenvalue weighted by atomic mass is 9.82. The van der Waals surface area contributed by atoms with Gasteiger partial charge in [0.25, 0.3) is 5.91 Å². The smallest absolute Gasteiger partial charge is 0.353 e. The number of nitrogens with zero attached hydrogens (tertiary/aromatic N) is 3. The second kappa shape index (κ2) is 10.9. The number of rotatable bonds is 6. The Morgan fingerprint density at radius 3 is 1.97 bits per heavy atom. The molecule has 0 saturated heterocycles. The van der Waals surface area contributed by atoms with Crippen LogP contribution < -0.4 is 5.32 Å².